The van der Waals surface area contributed by atoms with Crippen LogP contribution in [0.2, 0.25) is 0 Å². The zero-order valence-electron chi connectivity index (χ0n) is 8.49. The summed E-state index contributed by atoms with van der Waals surface area (Å²) >= 11 is 0. The Balaban J connectivity index is 2.13. The minimum absolute atomic E-state index is 0.0567. The van der Waals surface area contributed by atoms with Gasteiger partial charge in [-0.05, 0) is 38.0 Å². The van der Waals surface area contributed by atoms with Gasteiger partial charge in [0, 0.05) is 11.5 Å². The molecule has 0 amide bonds. The number of ketones is 1. The van der Waals surface area contributed by atoms with Crippen LogP contribution in [0.1, 0.15) is 41.9 Å². The third kappa shape index (κ3) is 1.44. The summed E-state index contributed by atoms with van der Waals surface area (Å²) in [5.74, 6) is 1.39. The lowest BCUT2D eigenvalue weighted by Gasteiger charge is -1.92. The van der Waals surface area contributed by atoms with Crippen LogP contribution in [-0.4, -0.2) is 10.8 Å². The summed E-state index contributed by atoms with van der Waals surface area (Å²) < 4.78 is 5.62. The first-order valence-corrected chi connectivity index (χ1v) is 5.15. The Labute approximate surface area is 87.1 Å². The molecule has 1 fully saturated rings. The molecular formula is C12H11NO2. The summed E-state index contributed by atoms with van der Waals surface area (Å²) in [6.07, 6.45) is 2.35. The van der Waals surface area contributed by atoms with Crippen molar-refractivity contribution in [2.45, 2.75) is 25.7 Å². The highest BCUT2D eigenvalue weighted by Crippen LogP contribution is 2.40. The normalized spacial score (nSPS) is 15.8. The summed E-state index contributed by atoms with van der Waals surface area (Å²) in [4.78, 5) is 15.6. The van der Waals surface area contributed by atoms with Crippen molar-refractivity contribution in [3.63, 3.8) is 0 Å². The third-order valence-corrected chi connectivity index (χ3v) is 2.74. The first kappa shape index (κ1) is 8.65. The highest BCUT2D eigenvalue weighted by Gasteiger charge is 2.28. The SMILES string of the molecule is CC(=O)c1ccc2nc(C3CC3)oc2c1. The standard InChI is InChI=1S/C12H11NO2/c1-7(14)9-4-5-10-11(6-9)15-12(13-10)8-2-3-8/h4-6,8H,2-3H2,1H3. The maximum Gasteiger partial charge on any atom is 0.198 e. The molecule has 0 unspecified atom stereocenters. The van der Waals surface area contributed by atoms with E-state index in [0.29, 0.717) is 11.5 Å². The summed E-state index contributed by atoms with van der Waals surface area (Å²) in [6.45, 7) is 1.55. The van der Waals surface area contributed by atoms with E-state index in [9.17, 15) is 4.79 Å². The van der Waals surface area contributed by atoms with Crippen LogP contribution >= 0.6 is 0 Å². The first-order chi connectivity index (χ1) is 7.24. The predicted molar refractivity (Wildman–Crippen MR) is 56.0 cm³/mol. The second-order valence-electron chi connectivity index (χ2n) is 4.07. The number of hydrogen-bond donors (Lipinski definition) is 0. The number of rotatable bonds is 2. The highest BCUT2D eigenvalue weighted by molar-refractivity contribution is 5.96. The van der Waals surface area contributed by atoms with Crippen molar-refractivity contribution in [1.82, 2.24) is 4.98 Å². The van der Waals surface area contributed by atoms with E-state index in [1.807, 2.05) is 6.07 Å². The van der Waals surface area contributed by atoms with Crippen LogP contribution in [-0.2, 0) is 0 Å². The molecule has 76 valence electrons. The summed E-state index contributed by atoms with van der Waals surface area (Å²) in [6, 6.07) is 5.42. The maximum atomic E-state index is 11.2. The van der Waals surface area contributed by atoms with E-state index in [1.54, 1.807) is 19.1 Å². The van der Waals surface area contributed by atoms with Crippen molar-refractivity contribution in [1.29, 1.82) is 0 Å². The molecule has 2 aromatic rings. The number of Topliss-reactive ketones (excluding diaryl/α,β-unsaturated/α-hetero) is 1. The van der Waals surface area contributed by atoms with Gasteiger partial charge in [-0.15, -0.1) is 0 Å². The average Bonchev–Trinajstić information content (AvgIpc) is 2.97. The fourth-order valence-corrected chi connectivity index (χ4v) is 1.67. The average molecular weight is 201 g/mol. The summed E-state index contributed by atoms with van der Waals surface area (Å²) in [7, 11) is 0. The maximum absolute atomic E-state index is 11.2. The molecule has 0 radical (unpaired) electrons. The number of hydrogen-bond acceptors (Lipinski definition) is 3. The molecule has 3 nitrogen and oxygen atoms in total. The Morgan fingerprint density at radius 2 is 2.27 bits per heavy atom. The van der Waals surface area contributed by atoms with Gasteiger partial charge in [0.05, 0.1) is 0 Å². The minimum atomic E-state index is 0.0567. The van der Waals surface area contributed by atoms with E-state index in [1.165, 1.54) is 12.8 Å². The Bertz CT molecular complexity index is 538. The van der Waals surface area contributed by atoms with Crippen LogP contribution in [0.4, 0.5) is 0 Å². The Morgan fingerprint density at radius 3 is 2.93 bits per heavy atom. The topological polar surface area (TPSA) is 43.1 Å². The van der Waals surface area contributed by atoms with E-state index in [4.69, 9.17) is 4.42 Å². The van der Waals surface area contributed by atoms with Crippen LogP contribution in [0, 0.1) is 0 Å². The molecule has 0 N–H and O–H groups in total. The van der Waals surface area contributed by atoms with E-state index >= 15 is 0 Å². The van der Waals surface area contributed by atoms with Crippen molar-refractivity contribution >= 4 is 16.9 Å². The molecule has 1 aliphatic rings. The fourth-order valence-electron chi connectivity index (χ4n) is 1.67. The van der Waals surface area contributed by atoms with Gasteiger partial charge in [-0.1, -0.05) is 0 Å². The second-order valence-corrected chi connectivity index (χ2v) is 4.07. The zero-order valence-corrected chi connectivity index (χ0v) is 8.49. The smallest absolute Gasteiger partial charge is 0.198 e. The minimum Gasteiger partial charge on any atom is -0.440 e. The van der Waals surface area contributed by atoms with Gasteiger partial charge in [0.2, 0.25) is 0 Å². The van der Waals surface area contributed by atoms with E-state index < -0.39 is 0 Å². The second kappa shape index (κ2) is 2.92. The third-order valence-electron chi connectivity index (χ3n) is 2.74. The number of aromatic nitrogens is 1. The quantitative estimate of drug-likeness (QED) is 0.701. The summed E-state index contributed by atoms with van der Waals surface area (Å²) in [5.41, 5.74) is 2.26. The van der Waals surface area contributed by atoms with Gasteiger partial charge in [-0.25, -0.2) is 4.98 Å². The Hall–Kier alpha value is -1.64. The number of fused-ring (bicyclic) bond motifs is 1. The first-order valence-electron chi connectivity index (χ1n) is 5.15. The van der Waals surface area contributed by atoms with Gasteiger partial charge in [0.25, 0.3) is 0 Å². The number of carbonyl (C=O) groups is 1. The number of carbonyl (C=O) groups excluding carboxylic acids is 1. The molecule has 1 heterocycles. The Morgan fingerprint density at radius 1 is 1.47 bits per heavy atom. The molecule has 1 aliphatic carbocycles. The molecule has 3 heteroatoms. The molecule has 15 heavy (non-hydrogen) atoms. The van der Waals surface area contributed by atoms with Gasteiger partial charge in [-0.2, -0.15) is 0 Å². The van der Waals surface area contributed by atoms with Crippen molar-refractivity contribution in [2.75, 3.05) is 0 Å². The molecule has 3 rings (SSSR count). The molecule has 1 aromatic heterocycles. The van der Waals surface area contributed by atoms with Gasteiger partial charge < -0.3 is 4.42 Å². The van der Waals surface area contributed by atoms with E-state index in [-0.39, 0.29) is 5.78 Å². The molecule has 0 bridgehead atoms. The van der Waals surface area contributed by atoms with Crippen LogP contribution in [0.25, 0.3) is 11.1 Å². The molecule has 1 saturated carbocycles. The molecule has 0 saturated heterocycles. The molecule has 0 aliphatic heterocycles. The van der Waals surface area contributed by atoms with Gasteiger partial charge in [0.1, 0.15) is 5.52 Å². The zero-order chi connectivity index (χ0) is 10.4. The monoisotopic (exact) mass is 201 g/mol. The number of oxazole rings is 1. The number of nitrogens with zero attached hydrogens (tertiary/aromatic N) is 1. The van der Waals surface area contributed by atoms with Crippen molar-refractivity contribution in [3.8, 4) is 0 Å². The lowest BCUT2D eigenvalue weighted by Crippen LogP contribution is -1.89. The fraction of sp³-hybridized carbons (Fsp3) is 0.333. The van der Waals surface area contributed by atoms with Gasteiger partial charge >= 0.3 is 0 Å². The van der Waals surface area contributed by atoms with Crippen molar-refractivity contribution in [3.05, 3.63) is 29.7 Å². The van der Waals surface area contributed by atoms with Gasteiger partial charge in [0.15, 0.2) is 17.3 Å². The van der Waals surface area contributed by atoms with Crippen LogP contribution in [0.5, 0.6) is 0 Å². The molecule has 0 atom stereocenters. The van der Waals surface area contributed by atoms with E-state index in [0.717, 1.165) is 17.0 Å². The van der Waals surface area contributed by atoms with Crippen LogP contribution in [0.15, 0.2) is 22.6 Å². The Kier molecular flexibility index (Phi) is 1.69. The van der Waals surface area contributed by atoms with Crippen LogP contribution < -0.4 is 0 Å². The predicted octanol–water partition coefficient (Wildman–Crippen LogP) is 2.91. The van der Waals surface area contributed by atoms with Gasteiger partial charge in [-0.3, -0.25) is 4.79 Å². The lowest BCUT2D eigenvalue weighted by atomic mass is 10.1. The number of benzene rings is 1. The largest absolute Gasteiger partial charge is 0.440 e. The van der Waals surface area contributed by atoms with Crippen molar-refractivity contribution < 1.29 is 9.21 Å². The van der Waals surface area contributed by atoms with Crippen LogP contribution in [0.3, 0.4) is 0 Å². The lowest BCUT2D eigenvalue weighted by molar-refractivity contribution is 0.101. The molecular weight excluding hydrogens is 190 g/mol. The highest BCUT2D eigenvalue weighted by atomic mass is 16.3. The van der Waals surface area contributed by atoms with Crippen molar-refractivity contribution in [2.24, 2.45) is 0 Å². The molecule has 1 aromatic carbocycles. The van der Waals surface area contributed by atoms with E-state index in [2.05, 4.69) is 4.98 Å². The summed E-state index contributed by atoms with van der Waals surface area (Å²) in [5, 5.41) is 0. The molecule has 0 spiro atoms.